The molecule has 1 aromatic heterocycles. The van der Waals surface area contributed by atoms with Crippen molar-refractivity contribution in [1.82, 2.24) is 4.98 Å². The summed E-state index contributed by atoms with van der Waals surface area (Å²) in [6.07, 6.45) is 0.907. The average molecular weight is 200 g/mol. The first-order valence-corrected chi connectivity index (χ1v) is 5.27. The number of hydrogen-bond donors (Lipinski definition) is 1. The second-order valence-electron chi connectivity index (χ2n) is 4.12. The predicted octanol–water partition coefficient (Wildman–Crippen LogP) is 2.43. The van der Waals surface area contributed by atoms with Crippen molar-refractivity contribution in [2.75, 3.05) is 0 Å². The average Bonchev–Trinajstić information content (AvgIpc) is 2.16. The molecule has 0 saturated carbocycles. The predicted molar refractivity (Wildman–Crippen MR) is 63.8 cm³/mol. The minimum Gasteiger partial charge on any atom is -0.328 e. The van der Waals surface area contributed by atoms with E-state index in [9.17, 15) is 0 Å². The van der Waals surface area contributed by atoms with Gasteiger partial charge < -0.3 is 5.73 Å². The highest BCUT2D eigenvalue weighted by atomic mass is 14.7. The number of nitrogens with two attached hydrogens (primary N) is 1. The summed E-state index contributed by atoms with van der Waals surface area (Å²) < 4.78 is 0. The third-order valence-corrected chi connectivity index (χ3v) is 2.47. The molecule has 0 bridgehead atoms. The maximum Gasteiger partial charge on any atom is 0.0707 e. The molecule has 0 aliphatic heterocycles. The molecule has 15 heavy (non-hydrogen) atoms. The fourth-order valence-corrected chi connectivity index (χ4v) is 1.91. The van der Waals surface area contributed by atoms with Crippen LogP contribution in [-0.4, -0.2) is 11.0 Å². The van der Waals surface area contributed by atoms with Gasteiger partial charge in [0.2, 0.25) is 0 Å². The fraction of sp³-hybridized carbons (Fsp3) is 0.308. The molecule has 2 N–H and O–H groups in total. The number of pyridine rings is 1. The maximum absolute atomic E-state index is 5.85. The smallest absolute Gasteiger partial charge is 0.0707 e. The van der Waals surface area contributed by atoms with E-state index in [1.165, 1.54) is 10.9 Å². The molecule has 0 saturated heterocycles. The van der Waals surface area contributed by atoms with Gasteiger partial charge in [0.15, 0.2) is 0 Å². The fourth-order valence-electron chi connectivity index (χ4n) is 1.91. The lowest BCUT2D eigenvalue weighted by molar-refractivity contribution is 0.740. The standard InChI is InChI=1S/C13H16N2/c1-9(14)7-11-8-10(2)15-13-6-4-3-5-12(11)13/h3-6,8-9H,7,14H2,1-2H3/t9-/m0/s1. The Balaban J connectivity index is 2.60. The third kappa shape index (κ3) is 2.16. The summed E-state index contributed by atoms with van der Waals surface area (Å²) in [5, 5.41) is 1.22. The van der Waals surface area contributed by atoms with Crippen molar-refractivity contribution < 1.29 is 0 Å². The summed E-state index contributed by atoms with van der Waals surface area (Å²) in [6.45, 7) is 4.06. The number of fused-ring (bicyclic) bond motifs is 1. The number of rotatable bonds is 2. The first-order chi connectivity index (χ1) is 7.16. The second kappa shape index (κ2) is 3.99. The molecule has 1 atom stereocenters. The normalized spacial score (nSPS) is 13.0. The van der Waals surface area contributed by atoms with Crippen molar-refractivity contribution in [1.29, 1.82) is 0 Å². The summed E-state index contributed by atoms with van der Waals surface area (Å²) in [5.41, 5.74) is 9.27. The van der Waals surface area contributed by atoms with Crippen LogP contribution in [0.4, 0.5) is 0 Å². The molecule has 0 aliphatic rings. The number of aromatic nitrogens is 1. The van der Waals surface area contributed by atoms with Gasteiger partial charge in [-0.15, -0.1) is 0 Å². The quantitative estimate of drug-likeness (QED) is 0.808. The van der Waals surface area contributed by atoms with Crippen LogP contribution in [0.3, 0.4) is 0 Å². The maximum atomic E-state index is 5.85. The molecular formula is C13H16N2. The van der Waals surface area contributed by atoms with Gasteiger partial charge in [-0.3, -0.25) is 4.98 Å². The van der Waals surface area contributed by atoms with Crippen LogP contribution in [0, 0.1) is 6.92 Å². The van der Waals surface area contributed by atoms with Gasteiger partial charge in [-0.2, -0.15) is 0 Å². The van der Waals surface area contributed by atoms with Gasteiger partial charge >= 0.3 is 0 Å². The van der Waals surface area contributed by atoms with Crippen LogP contribution in [0.25, 0.3) is 10.9 Å². The summed E-state index contributed by atoms with van der Waals surface area (Å²) in [7, 11) is 0. The zero-order valence-corrected chi connectivity index (χ0v) is 9.20. The van der Waals surface area contributed by atoms with E-state index in [0.717, 1.165) is 17.6 Å². The van der Waals surface area contributed by atoms with E-state index in [1.807, 2.05) is 32.0 Å². The Morgan fingerprint density at radius 1 is 1.33 bits per heavy atom. The van der Waals surface area contributed by atoms with Gasteiger partial charge in [0, 0.05) is 17.1 Å². The Morgan fingerprint density at radius 3 is 2.80 bits per heavy atom. The Kier molecular flexibility index (Phi) is 2.69. The van der Waals surface area contributed by atoms with Crippen LogP contribution in [-0.2, 0) is 6.42 Å². The van der Waals surface area contributed by atoms with E-state index in [2.05, 4.69) is 17.1 Å². The number of benzene rings is 1. The molecule has 0 spiro atoms. The Hall–Kier alpha value is -1.41. The van der Waals surface area contributed by atoms with Crippen LogP contribution in [0.1, 0.15) is 18.2 Å². The molecular weight excluding hydrogens is 184 g/mol. The molecule has 2 aromatic rings. The van der Waals surface area contributed by atoms with Crippen LogP contribution < -0.4 is 5.73 Å². The molecule has 78 valence electrons. The summed E-state index contributed by atoms with van der Waals surface area (Å²) in [5.74, 6) is 0. The van der Waals surface area contributed by atoms with Crippen molar-refractivity contribution in [3.8, 4) is 0 Å². The van der Waals surface area contributed by atoms with Gasteiger partial charge in [-0.1, -0.05) is 18.2 Å². The largest absolute Gasteiger partial charge is 0.328 e. The van der Waals surface area contributed by atoms with Gasteiger partial charge in [0.05, 0.1) is 5.52 Å². The lowest BCUT2D eigenvalue weighted by atomic mass is 10.0. The third-order valence-electron chi connectivity index (χ3n) is 2.47. The number of nitrogens with zero attached hydrogens (tertiary/aromatic N) is 1. The molecule has 0 unspecified atom stereocenters. The zero-order chi connectivity index (χ0) is 10.8. The van der Waals surface area contributed by atoms with Crippen molar-refractivity contribution in [3.63, 3.8) is 0 Å². The summed E-state index contributed by atoms with van der Waals surface area (Å²) in [6, 6.07) is 10.5. The minimum atomic E-state index is 0.190. The van der Waals surface area contributed by atoms with E-state index in [-0.39, 0.29) is 6.04 Å². The Labute approximate surface area is 90.1 Å². The number of aryl methyl sites for hydroxylation is 1. The minimum absolute atomic E-state index is 0.190. The van der Waals surface area contributed by atoms with E-state index >= 15 is 0 Å². The SMILES string of the molecule is Cc1cc(C[C@H](C)N)c2ccccc2n1. The van der Waals surface area contributed by atoms with Crippen LogP contribution >= 0.6 is 0 Å². The van der Waals surface area contributed by atoms with Gasteiger partial charge in [-0.25, -0.2) is 0 Å². The van der Waals surface area contributed by atoms with Crippen molar-refractivity contribution in [2.45, 2.75) is 26.3 Å². The number of para-hydroxylation sites is 1. The van der Waals surface area contributed by atoms with Crippen LogP contribution in [0.5, 0.6) is 0 Å². The topological polar surface area (TPSA) is 38.9 Å². The first-order valence-electron chi connectivity index (χ1n) is 5.27. The molecule has 2 heteroatoms. The summed E-state index contributed by atoms with van der Waals surface area (Å²) >= 11 is 0. The Bertz CT molecular complexity index is 475. The molecule has 2 nitrogen and oxygen atoms in total. The molecule has 0 amide bonds. The van der Waals surface area contributed by atoms with Crippen molar-refractivity contribution >= 4 is 10.9 Å². The van der Waals surface area contributed by atoms with E-state index in [1.54, 1.807) is 0 Å². The Morgan fingerprint density at radius 2 is 2.07 bits per heavy atom. The van der Waals surface area contributed by atoms with Crippen LogP contribution in [0.15, 0.2) is 30.3 Å². The van der Waals surface area contributed by atoms with E-state index in [4.69, 9.17) is 5.73 Å². The van der Waals surface area contributed by atoms with Crippen LogP contribution in [0.2, 0.25) is 0 Å². The molecule has 1 heterocycles. The monoisotopic (exact) mass is 200 g/mol. The van der Waals surface area contributed by atoms with Crippen molar-refractivity contribution in [2.24, 2.45) is 5.73 Å². The molecule has 1 aromatic carbocycles. The van der Waals surface area contributed by atoms with Gasteiger partial charge in [-0.05, 0) is 38.0 Å². The zero-order valence-electron chi connectivity index (χ0n) is 9.20. The molecule has 0 fully saturated rings. The molecule has 2 rings (SSSR count). The molecule has 0 aliphatic carbocycles. The van der Waals surface area contributed by atoms with Gasteiger partial charge in [0.1, 0.15) is 0 Å². The summed E-state index contributed by atoms with van der Waals surface area (Å²) in [4.78, 5) is 4.50. The van der Waals surface area contributed by atoms with E-state index < -0.39 is 0 Å². The highest BCUT2D eigenvalue weighted by Crippen LogP contribution is 2.19. The lowest BCUT2D eigenvalue weighted by Gasteiger charge is -2.09. The molecule has 0 radical (unpaired) electrons. The van der Waals surface area contributed by atoms with Gasteiger partial charge in [0.25, 0.3) is 0 Å². The number of hydrogen-bond acceptors (Lipinski definition) is 2. The van der Waals surface area contributed by atoms with E-state index in [0.29, 0.717) is 0 Å². The van der Waals surface area contributed by atoms with Crippen molar-refractivity contribution in [3.05, 3.63) is 41.6 Å². The highest BCUT2D eigenvalue weighted by Gasteiger charge is 2.05. The lowest BCUT2D eigenvalue weighted by Crippen LogP contribution is -2.18. The first kappa shape index (κ1) is 10.1. The highest BCUT2D eigenvalue weighted by molar-refractivity contribution is 5.82. The second-order valence-corrected chi connectivity index (χ2v) is 4.12.